The summed E-state index contributed by atoms with van der Waals surface area (Å²) < 4.78 is 0. The number of benzene rings is 1. The molecule has 1 aromatic carbocycles. The first-order valence-corrected chi connectivity index (χ1v) is 11.1. The van der Waals surface area contributed by atoms with E-state index in [1.807, 2.05) is 0 Å². The number of rotatable bonds is 8. The molecule has 1 aliphatic heterocycles. The van der Waals surface area contributed by atoms with Crippen molar-refractivity contribution < 1.29 is 9.59 Å². The molecule has 1 saturated heterocycles. The van der Waals surface area contributed by atoms with Crippen LogP contribution in [0.1, 0.15) is 64.7 Å². The number of nitrogens with zero attached hydrogens (tertiary/aromatic N) is 3. The molecule has 1 aliphatic rings. The molecule has 29 heavy (non-hydrogen) atoms. The predicted molar refractivity (Wildman–Crippen MR) is 116 cm³/mol. The van der Waals surface area contributed by atoms with Crippen molar-refractivity contribution in [3.05, 3.63) is 39.8 Å². The third kappa shape index (κ3) is 6.08. The fourth-order valence-electron chi connectivity index (χ4n) is 3.49. The summed E-state index contributed by atoms with van der Waals surface area (Å²) in [6.45, 7) is 6.89. The highest BCUT2D eigenvalue weighted by Crippen LogP contribution is 2.17. The normalized spacial score (nSPS) is 17.1. The Labute approximate surface area is 175 Å². The Bertz CT molecular complexity index is 838. The first kappa shape index (κ1) is 21.4. The molecule has 0 bridgehead atoms. The van der Waals surface area contributed by atoms with Crippen LogP contribution in [0.2, 0.25) is 0 Å². The van der Waals surface area contributed by atoms with Gasteiger partial charge in [0.2, 0.25) is 5.01 Å². The van der Waals surface area contributed by atoms with E-state index in [-0.39, 0.29) is 11.8 Å². The van der Waals surface area contributed by atoms with E-state index in [0.29, 0.717) is 28.8 Å². The van der Waals surface area contributed by atoms with E-state index in [4.69, 9.17) is 0 Å². The van der Waals surface area contributed by atoms with E-state index < -0.39 is 0 Å². The molecule has 1 atom stereocenters. The van der Waals surface area contributed by atoms with Crippen molar-refractivity contribution in [3.8, 4) is 0 Å². The number of hydrogen-bond donors (Lipinski definition) is 2. The standard InChI is InChI=1S/C21H29N5O2S/c1-3-7-18-24-25-21(29-18)20(28)23-17-10-6-9-16(14-17)19(27)22-11-13-26-12-5-4-8-15(26)2/h6,9-10,14-15H,3-5,7-8,11-13H2,1-2H3,(H,22,27)(H,23,28). The van der Waals surface area contributed by atoms with Crippen LogP contribution in [0.4, 0.5) is 5.69 Å². The van der Waals surface area contributed by atoms with Crippen molar-refractivity contribution in [2.75, 3.05) is 25.0 Å². The maximum absolute atomic E-state index is 12.5. The lowest BCUT2D eigenvalue weighted by Gasteiger charge is -2.33. The van der Waals surface area contributed by atoms with Crippen LogP contribution < -0.4 is 10.6 Å². The molecular formula is C21H29N5O2S. The molecule has 1 fully saturated rings. The molecule has 3 rings (SSSR count). The molecule has 2 aromatic rings. The van der Waals surface area contributed by atoms with Crippen LogP contribution in [0.3, 0.4) is 0 Å². The zero-order chi connectivity index (χ0) is 20.6. The summed E-state index contributed by atoms with van der Waals surface area (Å²) in [5.74, 6) is -0.437. The van der Waals surface area contributed by atoms with E-state index in [2.05, 4.69) is 39.6 Å². The van der Waals surface area contributed by atoms with Gasteiger partial charge in [-0.15, -0.1) is 10.2 Å². The molecule has 0 radical (unpaired) electrons. The van der Waals surface area contributed by atoms with Crippen molar-refractivity contribution in [3.63, 3.8) is 0 Å². The molecule has 0 spiro atoms. The van der Waals surface area contributed by atoms with E-state index in [9.17, 15) is 9.59 Å². The SMILES string of the molecule is CCCc1nnc(C(=O)Nc2cccc(C(=O)NCCN3CCCCC3C)c2)s1. The lowest BCUT2D eigenvalue weighted by Crippen LogP contribution is -2.42. The van der Waals surface area contributed by atoms with Gasteiger partial charge in [0.05, 0.1) is 0 Å². The van der Waals surface area contributed by atoms with Gasteiger partial charge in [-0.05, 0) is 50.9 Å². The van der Waals surface area contributed by atoms with E-state index in [0.717, 1.165) is 30.9 Å². The van der Waals surface area contributed by atoms with Crippen LogP contribution in [0.5, 0.6) is 0 Å². The highest BCUT2D eigenvalue weighted by molar-refractivity contribution is 7.13. The number of amides is 2. The number of hydrogen-bond acceptors (Lipinski definition) is 6. The summed E-state index contributed by atoms with van der Waals surface area (Å²) in [5, 5.41) is 15.0. The van der Waals surface area contributed by atoms with Crippen molar-refractivity contribution in [1.82, 2.24) is 20.4 Å². The van der Waals surface area contributed by atoms with Crippen LogP contribution in [-0.2, 0) is 6.42 Å². The number of aryl methyl sites for hydroxylation is 1. The molecule has 7 nitrogen and oxygen atoms in total. The largest absolute Gasteiger partial charge is 0.351 e. The third-order valence-corrected chi connectivity index (χ3v) is 6.11. The van der Waals surface area contributed by atoms with Gasteiger partial charge in [-0.2, -0.15) is 0 Å². The Balaban J connectivity index is 1.52. The second-order valence-corrected chi connectivity index (χ2v) is 8.48. The second kappa shape index (κ2) is 10.5. The fourth-order valence-corrected chi connectivity index (χ4v) is 4.32. The smallest absolute Gasteiger partial charge is 0.286 e. The molecule has 8 heteroatoms. The zero-order valence-electron chi connectivity index (χ0n) is 17.1. The minimum Gasteiger partial charge on any atom is -0.351 e. The number of piperidine rings is 1. The number of nitrogens with one attached hydrogen (secondary N) is 2. The van der Waals surface area contributed by atoms with Gasteiger partial charge in [0.25, 0.3) is 11.8 Å². The van der Waals surface area contributed by atoms with Gasteiger partial charge in [0.15, 0.2) is 0 Å². The van der Waals surface area contributed by atoms with Crippen LogP contribution in [0.25, 0.3) is 0 Å². The number of likely N-dealkylation sites (tertiary alicyclic amines) is 1. The molecule has 1 aromatic heterocycles. The van der Waals surface area contributed by atoms with Gasteiger partial charge >= 0.3 is 0 Å². The average Bonchev–Trinajstić information content (AvgIpc) is 3.19. The second-order valence-electron chi connectivity index (χ2n) is 7.42. The molecule has 2 heterocycles. The van der Waals surface area contributed by atoms with Crippen LogP contribution in [0, 0.1) is 0 Å². The molecule has 0 aliphatic carbocycles. The third-order valence-electron chi connectivity index (χ3n) is 5.13. The Morgan fingerprint density at radius 1 is 1.24 bits per heavy atom. The Hall–Kier alpha value is -2.32. The average molecular weight is 416 g/mol. The first-order chi connectivity index (χ1) is 14.1. The Morgan fingerprint density at radius 2 is 2.10 bits per heavy atom. The highest BCUT2D eigenvalue weighted by Gasteiger charge is 2.18. The summed E-state index contributed by atoms with van der Waals surface area (Å²) in [6.07, 6.45) is 5.53. The lowest BCUT2D eigenvalue weighted by molar-refractivity contribution is 0.0937. The molecule has 2 N–H and O–H groups in total. The monoisotopic (exact) mass is 415 g/mol. The minimum absolute atomic E-state index is 0.132. The molecule has 1 unspecified atom stereocenters. The van der Waals surface area contributed by atoms with E-state index in [1.54, 1.807) is 24.3 Å². The van der Waals surface area contributed by atoms with Crippen LogP contribution in [0.15, 0.2) is 24.3 Å². The first-order valence-electron chi connectivity index (χ1n) is 10.3. The maximum Gasteiger partial charge on any atom is 0.286 e. The maximum atomic E-state index is 12.5. The number of carbonyl (C=O) groups excluding carboxylic acids is 2. The van der Waals surface area contributed by atoms with E-state index in [1.165, 1.54) is 30.6 Å². The zero-order valence-corrected chi connectivity index (χ0v) is 17.9. The van der Waals surface area contributed by atoms with Gasteiger partial charge in [-0.1, -0.05) is 30.7 Å². The quantitative estimate of drug-likeness (QED) is 0.690. The summed E-state index contributed by atoms with van der Waals surface area (Å²) in [6, 6.07) is 7.54. The van der Waals surface area contributed by atoms with Crippen LogP contribution in [-0.4, -0.2) is 52.6 Å². The number of anilines is 1. The number of aromatic nitrogens is 2. The van der Waals surface area contributed by atoms with Crippen molar-refractivity contribution in [1.29, 1.82) is 0 Å². The van der Waals surface area contributed by atoms with Crippen molar-refractivity contribution in [2.45, 2.75) is 52.0 Å². The van der Waals surface area contributed by atoms with Crippen molar-refractivity contribution in [2.24, 2.45) is 0 Å². The fraction of sp³-hybridized carbons (Fsp3) is 0.524. The van der Waals surface area contributed by atoms with Gasteiger partial charge in [0.1, 0.15) is 5.01 Å². The van der Waals surface area contributed by atoms with Gasteiger partial charge < -0.3 is 10.6 Å². The summed E-state index contributed by atoms with van der Waals surface area (Å²) in [4.78, 5) is 27.3. The molecular weight excluding hydrogens is 386 g/mol. The topological polar surface area (TPSA) is 87.2 Å². The molecule has 156 valence electrons. The molecule has 2 amide bonds. The summed E-state index contributed by atoms with van der Waals surface area (Å²) >= 11 is 1.30. The molecule has 0 saturated carbocycles. The minimum atomic E-state index is -0.304. The lowest BCUT2D eigenvalue weighted by atomic mass is 10.0. The van der Waals surface area contributed by atoms with Crippen LogP contribution >= 0.6 is 11.3 Å². The predicted octanol–water partition coefficient (Wildman–Crippen LogP) is 3.35. The Kier molecular flexibility index (Phi) is 7.71. The summed E-state index contributed by atoms with van der Waals surface area (Å²) in [5.41, 5.74) is 1.10. The summed E-state index contributed by atoms with van der Waals surface area (Å²) in [7, 11) is 0. The van der Waals surface area contributed by atoms with Gasteiger partial charge in [-0.3, -0.25) is 14.5 Å². The highest BCUT2D eigenvalue weighted by atomic mass is 32.1. The Morgan fingerprint density at radius 3 is 2.90 bits per heavy atom. The van der Waals surface area contributed by atoms with Gasteiger partial charge in [0, 0.05) is 36.8 Å². The van der Waals surface area contributed by atoms with E-state index >= 15 is 0 Å². The van der Waals surface area contributed by atoms with Crippen molar-refractivity contribution >= 4 is 28.8 Å². The van der Waals surface area contributed by atoms with Gasteiger partial charge in [-0.25, -0.2) is 0 Å². The number of carbonyl (C=O) groups is 2.